The van der Waals surface area contributed by atoms with Crippen LogP contribution in [-0.4, -0.2) is 35.1 Å². The van der Waals surface area contributed by atoms with E-state index in [4.69, 9.17) is 5.11 Å². The third-order valence-corrected chi connectivity index (χ3v) is 3.29. The van der Waals surface area contributed by atoms with Crippen molar-refractivity contribution < 1.29 is 9.90 Å². The van der Waals surface area contributed by atoms with Gasteiger partial charge >= 0.3 is 0 Å². The first-order valence-corrected chi connectivity index (χ1v) is 6.07. The molecule has 1 fully saturated rings. The van der Waals surface area contributed by atoms with Crippen LogP contribution in [0.15, 0.2) is 18.3 Å². The lowest BCUT2D eigenvalue weighted by Gasteiger charge is -2.38. The second-order valence-electron chi connectivity index (χ2n) is 4.43. The van der Waals surface area contributed by atoms with Crippen LogP contribution in [0.4, 0.5) is 5.82 Å². The van der Waals surface area contributed by atoms with Crippen LogP contribution in [0.1, 0.15) is 36.5 Å². The fraction of sp³-hybridized carbons (Fsp3) is 0.538. The molecular weight excluding hydrogens is 216 g/mol. The monoisotopic (exact) mass is 234 g/mol. The molecule has 0 amide bonds. The number of carbonyl (C=O) groups is 1. The highest BCUT2D eigenvalue weighted by molar-refractivity contribution is 5.98. The molecule has 0 aliphatic heterocycles. The number of carbonyl (C=O) groups excluding carboxylic acids is 1. The van der Waals surface area contributed by atoms with Crippen LogP contribution in [0.3, 0.4) is 0 Å². The zero-order valence-corrected chi connectivity index (χ0v) is 10.1. The molecule has 0 bridgehead atoms. The summed E-state index contributed by atoms with van der Waals surface area (Å²) in [6.45, 7) is 2.19. The van der Waals surface area contributed by atoms with Gasteiger partial charge in [-0.3, -0.25) is 4.79 Å². The van der Waals surface area contributed by atoms with Crippen molar-refractivity contribution in [3.63, 3.8) is 0 Å². The summed E-state index contributed by atoms with van der Waals surface area (Å²) >= 11 is 0. The van der Waals surface area contributed by atoms with E-state index in [0.29, 0.717) is 18.2 Å². The van der Waals surface area contributed by atoms with Gasteiger partial charge in [0.05, 0.1) is 12.2 Å². The Hall–Kier alpha value is -1.42. The van der Waals surface area contributed by atoms with Gasteiger partial charge in [0.25, 0.3) is 0 Å². The first-order valence-electron chi connectivity index (χ1n) is 6.07. The number of nitrogens with zero attached hydrogens (tertiary/aromatic N) is 2. The molecule has 1 heterocycles. The molecule has 1 aliphatic carbocycles. The normalized spacial score (nSPS) is 15.4. The average Bonchev–Trinajstić information content (AvgIpc) is 2.26. The maximum atomic E-state index is 11.6. The Morgan fingerprint density at radius 3 is 2.88 bits per heavy atom. The Labute approximate surface area is 101 Å². The van der Waals surface area contributed by atoms with Crippen LogP contribution < -0.4 is 4.90 Å². The molecule has 4 nitrogen and oxygen atoms in total. The first-order chi connectivity index (χ1) is 8.24. The standard InChI is InChI=1S/C13H18N2O2/c1-10(17)12-6-3-7-14-13(12)15(8-9-16)11-4-2-5-11/h3,6-7,11,16H,2,4-5,8-9H2,1H3. The Morgan fingerprint density at radius 1 is 1.59 bits per heavy atom. The molecule has 0 atom stereocenters. The van der Waals surface area contributed by atoms with Gasteiger partial charge in [-0.05, 0) is 38.3 Å². The van der Waals surface area contributed by atoms with Gasteiger partial charge in [0.1, 0.15) is 5.82 Å². The van der Waals surface area contributed by atoms with Crippen LogP contribution >= 0.6 is 0 Å². The highest BCUT2D eigenvalue weighted by Crippen LogP contribution is 2.30. The Kier molecular flexibility index (Phi) is 3.74. The maximum absolute atomic E-state index is 11.6. The van der Waals surface area contributed by atoms with Crippen molar-refractivity contribution in [2.45, 2.75) is 32.2 Å². The summed E-state index contributed by atoms with van der Waals surface area (Å²) in [6, 6.07) is 4.00. The van der Waals surface area contributed by atoms with Gasteiger partial charge in [-0.25, -0.2) is 4.98 Å². The van der Waals surface area contributed by atoms with Crippen LogP contribution in [0.5, 0.6) is 0 Å². The predicted molar refractivity (Wildman–Crippen MR) is 66.3 cm³/mol. The molecule has 1 saturated carbocycles. The summed E-state index contributed by atoms with van der Waals surface area (Å²) in [7, 11) is 0. The number of rotatable bonds is 5. The quantitative estimate of drug-likeness (QED) is 0.787. The number of aromatic nitrogens is 1. The van der Waals surface area contributed by atoms with Gasteiger partial charge in [0.15, 0.2) is 5.78 Å². The number of hydrogen-bond donors (Lipinski definition) is 1. The molecule has 0 spiro atoms. The lowest BCUT2D eigenvalue weighted by molar-refractivity contribution is 0.101. The smallest absolute Gasteiger partial charge is 0.163 e. The zero-order valence-electron chi connectivity index (χ0n) is 10.1. The summed E-state index contributed by atoms with van der Waals surface area (Å²) in [5.41, 5.74) is 0.646. The Morgan fingerprint density at radius 2 is 2.35 bits per heavy atom. The fourth-order valence-corrected chi connectivity index (χ4v) is 2.17. The third-order valence-electron chi connectivity index (χ3n) is 3.29. The number of anilines is 1. The van der Waals surface area contributed by atoms with Crippen molar-refractivity contribution in [2.24, 2.45) is 0 Å². The van der Waals surface area contributed by atoms with E-state index in [1.807, 2.05) is 0 Å². The largest absolute Gasteiger partial charge is 0.395 e. The van der Waals surface area contributed by atoms with Gasteiger partial charge in [0.2, 0.25) is 0 Å². The van der Waals surface area contributed by atoms with Crippen molar-refractivity contribution in [1.29, 1.82) is 0 Å². The molecule has 2 rings (SSSR count). The van der Waals surface area contributed by atoms with Crippen LogP contribution in [0, 0.1) is 0 Å². The number of aliphatic hydroxyl groups excluding tert-OH is 1. The van der Waals surface area contributed by atoms with E-state index in [1.165, 1.54) is 6.42 Å². The van der Waals surface area contributed by atoms with E-state index in [1.54, 1.807) is 25.3 Å². The minimum Gasteiger partial charge on any atom is -0.395 e. The number of Topliss-reactive ketones (excluding diaryl/α,β-unsaturated/α-hetero) is 1. The lowest BCUT2D eigenvalue weighted by Crippen LogP contribution is -2.43. The molecular formula is C13H18N2O2. The molecule has 1 aromatic heterocycles. The van der Waals surface area contributed by atoms with Crippen molar-refractivity contribution in [3.05, 3.63) is 23.9 Å². The summed E-state index contributed by atoms with van der Waals surface area (Å²) in [4.78, 5) is 18.0. The maximum Gasteiger partial charge on any atom is 0.163 e. The average molecular weight is 234 g/mol. The Bertz CT molecular complexity index is 402. The first kappa shape index (κ1) is 12.0. The molecule has 0 unspecified atom stereocenters. The number of pyridine rings is 1. The third kappa shape index (κ3) is 2.47. The highest BCUT2D eigenvalue weighted by Gasteiger charge is 2.27. The van der Waals surface area contributed by atoms with Crippen molar-refractivity contribution in [2.75, 3.05) is 18.1 Å². The number of hydrogen-bond acceptors (Lipinski definition) is 4. The van der Waals surface area contributed by atoms with Crippen LogP contribution in [0.2, 0.25) is 0 Å². The molecule has 17 heavy (non-hydrogen) atoms. The van der Waals surface area contributed by atoms with E-state index in [0.717, 1.165) is 18.7 Å². The van der Waals surface area contributed by atoms with Crippen molar-refractivity contribution >= 4 is 11.6 Å². The molecule has 0 saturated heterocycles. The van der Waals surface area contributed by atoms with Crippen molar-refractivity contribution in [1.82, 2.24) is 4.98 Å². The van der Waals surface area contributed by atoms with E-state index in [-0.39, 0.29) is 12.4 Å². The Balaban J connectivity index is 2.30. The fourth-order valence-electron chi connectivity index (χ4n) is 2.17. The zero-order chi connectivity index (χ0) is 12.3. The molecule has 92 valence electrons. The molecule has 0 radical (unpaired) electrons. The van der Waals surface area contributed by atoms with Gasteiger partial charge in [-0.15, -0.1) is 0 Å². The van der Waals surface area contributed by atoms with Gasteiger partial charge in [-0.1, -0.05) is 0 Å². The van der Waals surface area contributed by atoms with Gasteiger partial charge in [0, 0.05) is 18.8 Å². The predicted octanol–water partition coefficient (Wildman–Crippen LogP) is 1.64. The van der Waals surface area contributed by atoms with E-state index in [2.05, 4.69) is 9.88 Å². The molecule has 1 aromatic rings. The number of aliphatic hydroxyl groups is 1. The second kappa shape index (κ2) is 5.27. The van der Waals surface area contributed by atoms with Gasteiger partial charge in [-0.2, -0.15) is 0 Å². The molecule has 1 N–H and O–H groups in total. The lowest BCUT2D eigenvalue weighted by atomic mass is 9.91. The SMILES string of the molecule is CC(=O)c1cccnc1N(CCO)C1CCC1. The summed E-state index contributed by atoms with van der Waals surface area (Å²) in [5, 5.41) is 9.14. The van der Waals surface area contributed by atoms with E-state index in [9.17, 15) is 4.79 Å². The topological polar surface area (TPSA) is 53.4 Å². The minimum absolute atomic E-state index is 0.0235. The summed E-state index contributed by atoms with van der Waals surface area (Å²) < 4.78 is 0. The van der Waals surface area contributed by atoms with Crippen LogP contribution in [-0.2, 0) is 0 Å². The van der Waals surface area contributed by atoms with Gasteiger partial charge < -0.3 is 10.0 Å². The number of ketones is 1. The molecule has 4 heteroatoms. The van der Waals surface area contributed by atoms with Crippen LogP contribution in [0.25, 0.3) is 0 Å². The summed E-state index contributed by atoms with van der Waals surface area (Å²) in [6.07, 6.45) is 5.15. The van der Waals surface area contributed by atoms with E-state index >= 15 is 0 Å². The summed E-state index contributed by atoms with van der Waals surface area (Å²) in [5.74, 6) is 0.745. The highest BCUT2D eigenvalue weighted by atomic mass is 16.3. The van der Waals surface area contributed by atoms with Crippen molar-refractivity contribution in [3.8, 4) is 0 Å². The van der Waals surface area contributed by atoms with E-state index < -0.39 is 0 Å². The molecule has 1 aliphatic rings. The molecule has 0 aromatic carbocycles. The minimum atomic E-state index is 0.0235. The second-order valence-corrected chi connectivity index (χ2v) is 4.43.